The molecule has 0 fully saturated rings. The van der Waals surface area contributed by atoms with Crippen LogP contribution in [0.5, 0.6) is 0 Å². The molecule has 7 heteroatoms. The minimum Gasteiger partial charge on any atom is -0.192 e. The van der Waals surface area contributed by atoms with Crippen LogP contribution >= 0.6 is 23.5 Å². The molecule has 0 N–H and O–H groups in total. The van der Waals surface area contributed by atoms with Gasteiger partial charge in [0.15, 0.2) is 14.7 Å². The molecule has 0 atom stereocenters. The third kappa shape index (κ3) is 8.06. The molecular weight excluding hydrogens is 633 g/mol. The Kier molecular flexibility index (Phi) is 11.0. The van der Waals surface area contributed by atoms with Gasteiger partial charge in [0.1, 0.15) is 35.4 Å². The van der Waals surface area contributed by atoms with Crippen molar-refractivity contribution in [3.8, 4) is 24.3 Å². The average molecular weight is 660 g/mol. The molecule has 0 bridgehead atoms. The monoisotopic (exact) mass is 659 g/mol. The molecule has 0 aliphatic rings. The van der Waals surface area contributed by atoms with Crippen LogP contribution in [0.2, 0.25) is 0 Å². The largest absolute Gasteiger partial charge is 0.192 e. The van der Waals surface area contributed by atoms with Crippen molar-refractivity contribution < 1.29 is 0 Å². The Hall–Kier alpha value is -5.41. The molecule has 0 saturated carbocycles. The van der Waals surface area contributed by atoms with Crippen LogP contribution in [-0.2, 0) is 10.9 Å². The van der Waals surface area contributed by atoms with Crippen LogP contribution in [-0.4, -0.2) is 0 Å². The summed E-state index contributed by atoms with van der Waals surface area (Å²) in [6.45, 7) is 3.59. The van der Waals surface area contributed by atoms with Gasteiger partial charge in [0.2, 0.25) is 0 Å². The topological polar surface area (TPSA) is 95.2 Å². The van der Waals surface area contributed by atoms with Crippen molar-refractivity contribution in [3.05, 3.63) is 150 Å². The summed E-state index contributed by atoms with van der Waals surface area (Å²) < 4.78 is 0. The summed E-state index contributed by atoms with van der Waals surface area (Å²) in [6.07, 6.45) is 0. The first-order valence-electron chi connectivity index (χ1n) is 14.5. The first kappa shape index (κ1) is 33.0. The smallest absolute Gasteiger partial charge is 0.166 e. The van der Waals surface area contributed by atoms with Crippen molar-refractivity contribution in [1.82, 2.24) is 0 Å². The lowest BCUT2D eigenvalue weighted by molar-refractivity contribution is 1.26. The highest BCUT2D eigenvalue weighted by molar-refractivity contribution is 7.99. The number of hydrogen-bond donors (Lipinski definition) is 0. The fourth-order valence-corrected chi connectivity index (χ4v) is 8.44. The summed E-state index contributed by atoms with van der Waals surface area (Å²) in [7, 11) is -0.288. The maximum atomic E-state index is 9.18. The molecule has 0 heterocycles. The predicted molar refractivity (Wildman–Crippen MR) is 190 cm³/mol. The van der Waals surface area contributed by atoms with Crippen molar-refractivity contribution in [2.75, 3.05) is 0 Å². The van der Waals surface area contributed by atoms with E-state index in [-0.39, 0.29) is 22.0 Å². The third-order valence-corrected chi connectivity index (χ3v) is 11.6. The fraction of sp³-hybridized carbons (Fsp3) is 0.0500. The van der Waals surface area contributed by atoms with E-state index in [4.69, 9.17) is 0 Å². The Morgan fingerprint density at radius 1 is 0.426 bits per heavy atom. The maximum Gasteiger partial charge on any atom is 0.166 e. The molecule has 0 radical (unpaired) electrons. The first-order valence-corrected chi connectivity index (χ1v) is 17.4. The Bertz CT molecular complexity index is 1940. The lowest BCUT2D eigenvalue weighted by Crippen LogP contribution is -2.04. The van der Waals surface area contributed by atoms with Crippen LogP contribution in [0.25, 0.3) is 11.1 Å². The normalized spacial score (nSPS) is 10.2. The molecule has 5 aromatic rings. The van der Waals surface area contributed by atoms with Gasteiger partial charge in [0, 0.05) is 19.6 Å². The molecule has 5 aromatic carbocycles. The number of allylic oxidation sites excluding steroid dienone is 4. The summed E-state index contributed by atoms with van der Waals surface area (Å²) in [4.78, 5) is 8.11. The molecule has 0 aliphatic carbocycles. The molecule has 47 heavy (non-hydrogen) atoms. The minimum absolute atomic E-state index is 0.131. The maximum absolute atomic E-state index is 9.18. The van der Waals surface area contributed by atoms with Gasteiger partial charge >= 0.3 is 0 Å². The van der Waals surface area contributed by atoms with Crippen molar-refractivity contribution in [1.29, 1.82) is 21.0 Å². The Labute approximate surface area is 287 Å². The second kappa shape index (κ2) is 15.7. The standard InChI is InChI=1S/C40H27N4S3/c1-28(32(24-41)25-42)30-8-12-34(13-9-30)45-36-16-20-39(21-17-36)47(38-6-4-3-5-7-38)40-22-18-37(19-23-40)46-35-14-10-31(11-15-35)29(2)33(26-43)27-44/h3-23H,1-2H3/q+1. The molecule has 0 unspecified atom stereocenters. The first-order chi connectivity index (χ1) is 22.9. The van der Waals surface area contributed by atoms with Gasteiger partial charge in [0.25, 0.3) is 0 Å². The molecule has 0 amide bonds. The highest BCUT2D eigenvalue weighted by atomic mass is 32.2. The van der Waals surface area contributed by atoms with E-state index in [1.807, 2.05) is 78.9 Å². The van der Waals surface area contributed by atoms with Crippen molar-refractivity contribution in [3.63, 3.8) is 0 Å². The summed E-state index contributed by atoms with van der Waals surface area (Å²) in [6, 6.07) is 51.7. The second-order valence-electron chi connectivity index (χ2n) is 10.3. The van der Waals surface area contributed by atoms with E-state index < -0.39 is 0 Å². The quantitative estimate of drug-likeness (QED) is 0.115. The molecule has 4 nitrogen and oxygen atoms in total. The van der Waals surface area contributed by atoms with Crippen LogP contribution < -0.4 is 0 Å². The second-order valence-corrected chi connectivity index (χ2v) is 14.6. The van der Waals surface area contributed by atoms with Crippen LogP contribution in [0.4, 0.5) is 0 Å². The zero-order valence-corrected chi connectivity index (χ0v) is 28.1. The van der Waals surface area contributed by atoms with Crippen LogP contribution in [0.1, 0.15) is 25.0 Å². The van der Waals surface area contributed by atoms with E-state index in [1.165, 1.54) is 14.7 Å². The number of hydrogen-bond acceptors (Lipinski definition) is 6. The molecule has 0 aliphatic heterocycles. The van der Waals surface area contributed by atoms with E-state index >= 15 is 0 Å². The SMILES string of the molecule is CC(=C(C#N)C#N)c1ccc(Sc2ccc([S+](c3ccccc3)c3ccc(Sc4ccc(C(C)=C(C#N)C#N)cc4)cc3)cc2)cc1. The lowest BCUT2D eigenvalue weighted by atomic mass is 10.0. The number of nitrogens with zero attached hydrogens (tertiary/aromatic N) is 4. The van der Waals surface area contributed by atoms with Crippen molar-refractivity contribution >= 4 is 45.6 Å². The Morgan fingerprint density at radius 3 is 1.04 bits per heavy atom. The van der Waals surface area contributed by atoms with Gasteiger partial charge in [-0.3, -0.25) is 0 Å². The van der Waals surface area contributed by atoms with E-state index in [1.54, 1.807) is 37.4 Å². The van der Waals surface area contributed by atoms with E-state index in [0.29, 0.717) is 11.1 Å². The number of nitriles is 4. The van der Waals surface area contributed by atoms with Gasteiger partial charge in [-0.1, -0.05) is 66.0 Å². The van der Waals surface area contributed by atoms with Gasteiger partial charge in [0.05, 0.1) is 10.9 Å². The predicted octanol–water partition coefficient (Wildman–Crippen LogP) is 10.7. The molecule has 224 valence electrons. The van der Waals surface area contributed by atoms with Crippen LogP contribution in [0.3, 0.4) is 0 Å². The highest BCUT2D eigenvalue weighted by Gasteiger charge is 2.28. The van der Waals surface area contributed by atoms with Gasteiger partial charge < -0.3 is 0 Å². The molecule has 0 spiro atoms. The van der Waals surface area contributed by atoms with Crippen molar-refractivity contribution in [2.24, 2.45) is 0 Å². The van der Waals surface area contributed by atoms with Gasteiger partial charge in [-0.05, 0) is 121 Å². The Morgan fingerprint density at radius 2 is 0.723 bits per heavy atom. The van der Waals surface area contributed by atoms with Gasteiger partial charge in [-0.2, -0.15) is 21.0 Å². The van der Waals surface area contributed by atoms with Crippen LogP contribution in [0, 0.1) is 45.3 Å². The van der Waals surface area contributed by atoms with Crippen molar-refractivity contribution in [2.45, 2.75) is 48.1 Å². The summed E-state index contributed by atoms with van der Waals surface area (Å²) in [5, 5.41) is 36.7. The zero-order chi connectivity index (χ0) is 33.2. The zero-order valence-electron chi connectivity index (χ0n) is 25.6. The van der Waals surface area contributed by atoms with Gasteiger partial charge in [-0.15, -0.1) is 0 Å². The van der Waals surface area contributed by atoms with Crippen LogP contribution in [0.15, 0.2) is 173 Å². The Balaban J connectivity index is 1.33. The lowest BCUT2D eigenvalue weighted by Gasteiger charge is -2.10. The average Bonchev–Trinajstić information content (AvgIpc) is 3.12. The molecular formula is C40H27N4S3+. The summed E-state index contributed by atoms with van der Waals surface area (Å²) in [5.41, 5.74) is 3.36. The third-order valence-electron chi connectivity index (χ3n) is 7.34. The summed E-state index contributed by atoms with van der Waals surface area (Å²) in [5.74, 6) is 0. The van der Waals surface area contributed by atoms with E-state index in [9.17, 15) is 21.0 Å². The molecule has 5 rings (SSSR count). The number of rotatable bonds is 9. The number of benzene rings is 5. The van der Waals surface area contributed by atoms with E-state index in [2.05, 4.69) is 72.8 Å². The highest BCUT2D eigenvalue weighted by Crippen LogP contribution is 2.36. The minimum atomic E-state index is -0.288. The fourth-order valence-electron chi connectivity index (χ4n) is 4.74. The molecule has 0 saturated heterocycles. The molecule has 0 aromatic heterocycles. The van der Waals surface area contributed by atoms with E-state index in [0.717, 1.165) is 30.7 Å². The van der Waals surface area contributed by atoms with Gasteiger partial charge in [-0.25, -0.2) is 0 Å². The summed E-state index contributed by atoms with van der Waals surface area (Å²) >= 11 is 3.34.